The van der Waals surface area contributed by atoms with E-state index in [4.69, 9.17) is 0 Å². The lowest BCUT2D eigenvalue weighted by Crippen LogP contribution is -2.40. The Bertz CT molecular complexity index is 775. The molecule has 0 atom stereocenters. The van der Waals surface area contributed by atoms with Crippen LogP contribution in [-0.4, -0.2) is 15.5 Å². The van der Waals surface area contributed by atoms with Crippen LogP contribution in [0.15, 0.2) is 38.2 Å². The molecule has 0 saturated heterocycles. The van der Waals surface area contributed by atoms with Crippen molar-refractivity contribution in [3.8, 4) is 17.1 Å². The molecule has 10 heteroatoms. The largest absolute Gasteiger partial charge is 0.473 e. The summed E-state index contributed by atoms with van der Waals surface area (Å²) in [6, 6.07) is 5.06. The van der Waals surface area contributed by atoms with Crippen molar-refractivity contribution in [2.75, 3.05) is 0 Å². The molecule has 0 spiro atoms. The van der Waals surface area contributed by atoms with Crippen molar-refractivity contribution in [3.05, 3.63) is 45.8 Å². The van der Waals surface area contributed by atoms with E-state index < -0.39 is 11.6 Å². The van der Waals surface area contributed by atoms with Crippen LogP contribution in [0.5, 0.6) is 0 Å². The summed E-state index contributed by atoms with van der Waals surface area (Å²) >= 11 is 0. The number of halogens is 1. The molecule has 1 N–H and O–H groups in total. The molecular weight excluding hydrogens is 261 g/mol. The maximum Gasteiger partial charge on any atom is 0.473 e. The standard InChI is InChI=1S/C9H4FN5O4/c10-6-3-1-5(2-4-6)7-8(12-19-15(7)17)14-11-9(16)18-13-14/h1-4H/p+1. The van der Waals surface area contributed by atoms with Crippen molar-refractivity contribution in [2.24, 2.45) is 0 Å². The molecular formula is C9H5FN5O4+. The summed E-state index contributed by atoms with van der Waals surface area (Å²) in [4.78, 5) is 11.8. The molecule has 0 aliphatic carbocycles. The Hall–Kier alpha value is -3.04. The monoisotopic (exact) mass is 266 g/mol. The summed E-state index contributed by atoms with van der Waals surface area (Å²) in [5, 5.41) is 20.5. The lowest BCUT2D eigenvalue weighted by Gasteiger charge is -1.95. The molecule has 1 aromatic carbocycles. The summed E-state index contributed by atoms with van der Waals surface area (Å²) in [6.45, 7) is 0. The van der Waals surface area contributed by atoms with Gasteiger partial charge in [-0.25, -0.2) is 9.18 Å². The molecule has 9 nitrogen and oxygen atoms in total. The molecule has 3 aromatic rings. The van der Waals surface area contributed by atoms with E-state index in [1.165, 1.54) is 24.3 Å². The lowest BCUT2D eigenvalue weighted by atomic mass is 10.1. The van der Waals surface area contributed by atoms with Gasteiger partial charge in [0, 0.05) is 10.4 Å². The first kappa shape index (κ1) is 11.1. The van der Waals surface area contributed by atoms with Gasteiger partial charge in [0.05, 0.1) is 5.16 Å². The van der Waals surface area contributed by atoms with Gasteiger partial charge in [-0.15, -0.1) is 5.10 Å². The molecule has 0 aliphatic rings. The van der Waals surface area contributed by atoms with Gasteiger partial charge in [0.15, 0.2) is 0 Å². The second-order valence-electron chi connectivity index (χ2n) is 3.49. The topological polar surface area (TPSA) is 116 Å². The van der Waals surface area contributed by atoms with E-state index in [0.29, 0.717) is 5.56 Å². The van der Waals surface area contributed by atoms with Crippen LogP contribution in [0.4, 0.5) is 4.39 Å². The number of H-pyrrole nitrogens is 1. The van der Waals surface area contributed by atoms with Crippen molar-refractivity contribution in [1.29, 1.82) is 0 Å². The highest BCUT2D eigenvalue weighted by Gasteiger charge is 2.29. The van der Waals surface area contributed by atoms with Gasteiger partial charge in [0.2, 0.25) is 0 Å². The van der Waals surface area contributed by atoms with Crippen LogP contribution in [0.3, 0.4) is 0 Å². The minimum atomic E-state index is -0.828. The van der Waals surface area contributed by atoms with Crippen molar-refractivity contribution >= 4 is 0 Å². The highest BCUT2D eigenvalue weighted by molar-refractivity contribution is 5.60. The molecule has 2 aromatic heterocycles. The van der Waals surface area contributed by atoms with Gasteiger partial charge in [0.25, 0.3) is 5.69 Å². The fraction of sp³-hybridized carbons (Fsp3) is 0. The van der Waals surface area contributed by atoms with Gasteiger partial charge < -0.3 is 5.21 Å². The third kappa shape index (κ3) is 1.84. The average molecular weight is 266 g/mol. The molecule has 0 fully saturated rings. The van der Waals surface area contributed by atoms with Crippen LogP contribution >= 0.6 is 0 Å². The molecule has 2 heterocycles. The third-order valence-electron chi connectivity index (χ3n) is 2.32. The fourth-order valence-electron chi connectivity index (χ4n) is 1.52. The highest BCUT2D eigenvalue weighted by atomic mass is 19.1. The number of hydrogen-bond acceptors (Lipinski definition) is 6. The van der Waals surface area contributed by atoms with E-state index in [9.17, 15) is 14.4 Å². The smallest absolute Gasteiger partial charge is 0.359 e. The molecule has 0 bridgehead atoms. The molecule has 0 radical (unpaired) electrons. The quantitative estimate of drug-likeness (QED) is 0.473. The second-order valence-corrected chi connectivity index (χ2v) is 3.49. The summed E-state index contributed by atoms with van der Waals surface area (Å²) in [6.07, 6.45) is 0. The SMILES string of the molecule is O=c1[nH][n+](-c2no[n+]([O-])c2-c2ccc(F)cc2)no1. The van der Waals surface area contributed by atoms with E-state index in [1.54, 1.807) is 0 Å². The van der Waals surface area contributed by atoms with Crippen molar-refractivity contribution in [2.45, 2.75) is 0 Å². The third-order valence-corrected chi connectivity index (χ3v) is 2.32. The normalized spacial score (nSPS) is 10.8. The summed E-state index contributed by atoms with van der Waals surface area (Å²) in [7, 11) is 0. The Labute approximate surface area is 103 Å². The summed E-state index contributed by atoms with van der Waals surface area (Å²) in [5.41, 5.74) is 0.290. The number of rotatable bonds is 2. The van der Waals surface area contributed by atoms with Crippen LogP contribution in [0.25, 0.3) is 17.1 Å². The Morgan fingerprint density at radius 3 is 2.68 bits per heavy atom. The molecule has 0 amide bonds. The van der Waals surface area contributed by atoms with Crippen molar-refractivity contribution < 1.29 is 23.2 Å². The molecule has 0 unspecified atom stereocenters. The Morgan fingerprint density at radius 1 is 1.32 bits per heavy atom. The van der Waals surface area contributed by atoms with Crippen LogP contribution in [0.1, 0.15) is 0 Å². The van der Waals surface area contributed by atoms with Gasteiger partial charge in [-0.2, -0.15) is 0 Å². The molecule has 19 heavy (non-hydrogen) atoms. The van der Waals surface area contributed by atoms with Gasteiger partial charge >= 0.3 is 11.6 Å². The maximum atomic E-state index is 12.9. The minimum Gasteiger partial charge on any atom is -0.359 e. The summed E-state index contributed by atoms with van der Waals surface area (Å²) in [5.74, 6) is -1.38. The number of aromatic nitrogens is 5. The van der Waals surface area contributed by atoms with E-state index in [-0.39, 0.29) is 16.4 Å². The number of benzene rings is 1. The van der Waals surface area contributed by atoms with Crippen LogP contribution in [-0.2, 0) is 0 Å². The fourth-order valence-corrected chi connectivity index (χ4v) is 1.52. The lowest BCUT2D eigenvalue weighted by molar-refractivity contribution is -0.794. The Balaban J connectivity index is 2.18. The minimum absolute atomic E-state index is 0.0467. The van der Waals surface area contributed by atoms with Gasteiger partial charge in [-0.1, -0.05) is 0 Å². The van der Waals surface area contributed by atoms with E-state index >= 15 is 0 Å². The van der Waals surface area contributed by atoms with Crippen molar-refractivity contribution in [1.82, 2.24) is 15.5 Å². The zero-order valence-corrected chi connectivity index (χ0v) is 9.11. The van der Waals surface area contributed by atoms with Crippen molar-refractivity contribution in [3.63, 3.8) is 0 Å². The summed E-state index contributed by atoms with van der Waals surface area (Å²) < 4.78 is 21.6. The van der Waals surface area contributed by atoms with Crippen LogP contribution in [0.2, 0.25) is 0 Å². The zero-order valence-electron chi connectivity index (χ0n) is 9.11. The number of aromatic amines is 1. The maximum absolute atomic E-state index is 12.9. The number of nitrogens with one attached hydrogen (secondary N) is 1. The number of nitrogens with zero attached hydrogens (tertiary/aromatic N) is 4. The molecule has 0 saturated carbocycles. The van der Waals surface area contributed by atoms with E-state index in [1.807, 2.05) is 0 Å². The first-order valence-corrected chi connectivity index (χ1v) is 4.99. The second kappa shape index (κ2) is 4.01. The van der Waals surface area contributed by atoms with Gasteiger partial charge in [-0.3, -0.25) is 9.15 Å². The van der Waals surface area contributed by atoms with Gasteiger partial charge in [0.1, 0.15) is 11.1 Å². The average Bonchev–Trinajstić information content (AvgIpc) is 2.97. The number of hydrogen-bond donors (Lipinski definition) is 1. The molecule has 96 valence electrons. The first-order valence-electron chi connectivity index (χ1n) is 4.99. The van der Waals surface area contributed by atoms with E-state index in [0.717, 1.165) is 4.80 Å². The Kier molecular flexibility index (Phi) is 2.34. The zero-order chi connectivity index (χ0) is 13.4. The predicted molar refractivity (Wildman–Crippen MR) is 53.1 cm³/mol. The van der Waals surface area contributed by atoms with E-state index in [2.05, 4.69) is 24.7 Å². The molecule has 0 aliphatic heterocycles. The van der Waals surface area contributed by atoms with Gasteiger partial charge in [-0.05, 0) is 29.2 Å². The highest BCUT2D eigenvalue weighted by Crippen LogP contribution is 2.18. The Morgan fingerprint density at radius 2 is 2.05 bits per heavy atom. The molecule has 3 rings (SSSR count). The van der Waals surface area contributed by atoms with Crippen LogP contribution < -0.4 is 15.5 Å². The predicted octanol–water partition coefficient (Wildman–Crippen LogP) is -0.933. The first-order chi connectivity index (χ1) is 9.15. The van der Waals surface area contributed by atoms with Crippen LogP contribution in [0, 0.1) is 11.0 Å².